The summed E-state index contributed by atoms with van der Waals surface area (Å²) in [6, 6.07) is 17.2. The van der Waals surface area contributed by atoms with Crippen LogP contribution >= 0.6 is 0 Å². The largest absolute Gasteiger partial charge is 0.468 e. The van der Waals surface area contributed by atoms with Crippen molar-refractivity contribution in [3.05, 3.63) is 71.3 Å². The highest BCUT2D eigenvalue weighted by Crippen LogP contribution is 2.61. The minimum absolute atomic E-state index is 0.284. The summed E-state index contributed by atoms with van der Waals surface area (Å²) in [4.78, 5) is 24.4. The van der Waals surface area contributed by atoms with Gasteiger partial charge < -0.3 is 9.47 Å². The van der Waals surface area contributed by atoms with E-state index in [9.17, 15) is 9.59 Å². The molecule has 1 unspecified atom stereocenters. The second-order valence-corrected chi connectivity index (χ2v) is 5.91. The summed E-state index contributed by atoms with van der Waals surface area (Å²) < 4.78 is 9.69. The normalized spacial score (nSPS) is 17.0. The Morgan fingerprint density at radius 2 is 1.52 bits per heavy atom. The number of hydrogen-bond donors (Lipinski definition) is 0. The Kier molecular flexibility index (Phi) is 4.58. The number of carbonyl (C=O) groups excluding carboxylic acids is 2. The van der Waals surface area contributed by atoms with Crippen molar-refractivity contribution in [3.8, 4) is 11.8 Å². The first-order chi connectivity index (χ1) is 12.1. The molecule has 0 amide bonds. The van der Waals surface area contributed by atoms with Crippen LogP contribution in [0.5, 0.6) is 0 Å². The van der Waals surface area contributed by atoms with Gasteiger partial charge in [0.15, 0.2) is 5.41 Å². The van der Waals surface area contributed by atoms with Crippen LogP contribution in [0.4, 0.5) is 0 Å². The number of esters is 2. The average molecular weight is 334 g/mol. The van der Waals surface area contributed by atoms with Gasteiger partial charge in [0.1, 0.15) is 0 Å². The van der Waals surface area contributed by atoms with Crippen LogP contribution in [0, 0.1) is 17.3 Å². The zero-order valence-corrected chi connectivity index (χ0v) is 14.1. The van der Waals surface area contributed by atoms with Gasteiger partial charge in [-0.3, -0.25) is 9.59 Å². The Labute approximate surface area is 146 Å². The minimum atomic E-state index is -1.26. The van der Waals surface area contributed by atoms with Gasteiger partial charge in [-0.1, -0.05) is 48.2 Å². The molecule has 2 aromatic rings. The van der Waals surface area contributed by atoms with E-state index < -0.39 is 17.4 Å². The molecule has 4 heteroatoms. The lowest BCUT2D eigenvalue weighted by Gasteiger charge is -2.13. The van der Waals surface area contributed by atoms with Crippen LogP contribution in [0.1, 0.15) is 29.0 Å². The summed E-state index contributed by atoms with van der Waals surface area (Å²) in [6.45, 7) is 0. The van der Waals surface area contributed by atoms with Crippen LogP contribution < -0.4 is 0 Å². The summed E-state index contributed by atoms with van der Waals surface area (Å²) in [5.41, 5.74) is 1.31. The molecule has 0 aromatic heterocycles. The fourth-order valence-corrected chi connectivity index (χ4v) is 3.11. The van der Waals surface area contributed by atoms with Crippen molar-refractivity contribution in [2.24, 2.45) is 5.41 Å². The van der Waals surface area contributed by atoms with Crippen LogP contribution in [-0.4, -0.2) is 26.2 Å². The maximum Gasteiger partial charge on any atom is 0.323 e. The maximum absolute atomic E-state index is 12.2. The first-order valence-electron chi connectivity index (χ1n) is 7.96. The molecule has 0 heterocycles. The molecule has 1 aliphatic rings. The highest BCUT2D eigenvalue weighted by Gasteiger charge is 2.68. The van der Waals surface area contributed by atoms with Gasteiger partial charge in [0.25, 0.3) is 0 Å². The first-order valence-corrected chi connectivity index (χ1v) is 7.96. The third-order valence-electron chi connectivity index (χ3n) is 4.51. The van der Waals surface area contributed by atoms with Gasteiger partial charge >= 0.3 is 11.9 Å². The van der Waals surface area contributed by atoms with E-state index in [1.165, 1.54) is 14.2 Å². The molecule has 1 fully saturated rings. The molecule has 0 bridgehead atoms. The number of ether oxygens (including phenoxy) is 2. The lowest BCUT2D eigenvalue weighted by atomic mass is 9.95. The first kappa shape index (κ1) is 16.8. The SMILES string of the molecule is COC(=O)C1(C(=O)OC)CC1c1ccccc1C#Cc1ccccc1. The van der Waals surface area contributed by atoms with E-state index in [-0.39, 0.29) is 5.92 Å². The van der Waals surface area contributed by atoms with Crippen LogP contribution in [0.15, 0.2) is 54.6 Å². The van der Waals surface area contributed by atoms with Gasteiger partial charge in [-0.2, -0.15) is 0 Å². The number of methoxy groups -OCH3 is 2. The number of hydrogen-bond acceptors (Lipinski definition) is 4. The molecule has 0 N–H and O–H groups in total. The lowest BCUT2D eigenvalue weighted by molar-refractivity contribution is -0.161. The summed E-state index contributed by atoms with van der Waals surface area (Å²) in [5.74, 6) is 4.86. The van der Waals surface area contributed by atoms with Gasteiger partial charge in [-0.05, 0) is 30.2 Å². The number of rotatable bonds is 3. The molecular weight excluding hydrogens is 316 g/mol. The average Bonchev–Trinajstić information content (AvgIpc) is 3.43. The zero-order valence-electron chi connectivity index (χ0n) is 14.1. The Morgan fingerprint density at radius 3 is 2.16 bits per heavy atom. The van der Waals surface area contributed by atoms with Crippen LogP contribution in [0.3, 0.4) is 0 Å². The summed E-state index contributed by atoms with van der Waals surface area (Å²) in [7, 11) is 2.56. The molecule has 0 aliphatic heterocycles. The monoisotopic (exact) mass is 334 g/mol. The molecule has 2 aromatic carbocycles. The molecule has 4 nitrogen and oxygen atoms in total. The smallest absolute Gasteiger partial charge is 0.323 e. The highest BCUT2D eigenvalue weighted by molar-refractivity contribution is 6.05. The molecule has 1 atom stereocenters. The van der Waals surface area contributed by atoms with Crippen molar-refractivity contribution in [1.82, 2.24) is 0 Å². The van der Waals surface area contributed by atoms with Crippen molar-refractivity contribution in [1.29, 1.82) is 0 Å². The standard InChI is InChI=1S/C21H18O4/c1-24-19(22)21(20(23)25-2)14-18(21)17-11-7-6-10-16(17)13-12-15-8-4-3-5-9-15/h3-11,18H,14H2,1-2H3. The third kappa shape index (κ3) is 3.01. The molecule has 0 spiro atoms. The van der Waals surface area contributed by atoms with E-state index in [1.54, 1.807) is 0 Å². The molecule has 1 aliphatic carbocycles. The van der Waals surface area contributed by atoms with Gasteiger partial charge in [0.05, 0.1) is 14.2 Å². The Morgan fingerprint density at radius 1 is 0.920 bits per heavy atom. The van der Waals surface area contributed by atoms with E-state index in [4.69, 9.17) is 9.47 Å². The van der Waals surface area contributed by atoms with E-state index >= 15 is 0 Å². The summed E-state index contributed by atoms with van der Waals surface area (Å²) in [6.07, 6.45) is 0.371. The summed E-state index contributed by atoms with van der Waals surface area (Å²) >= 11 is 0. The second-order valence-electron chi connectivity index (χ2n) is 5.91. The van der Waals surface area contributed by atoms with Crippen molar-refractivity contribution in [2.75, 3.05) is 14.2 Å². The molecule has 3 rings (SSSR count). The van der Waals surface area contributed by atoms with Crippen molar-refractivity contribution in [2.45, 2.75) is 12.3 Å². The second kappa shape index (κ2) is 6.82. The van der Waals surface area contributed by atoms with Crippen molar-refractivity contribution >= 4 is 11.9 Å². The number of carbonyl (C=O) groups is 2. The molecule has 25 heavy (non-hydrogen) atoms. The zero-order chi connectivity index (χ0) is 17.9. The third-order valence-corrected chi connectivity index (χ3v) is 4.51. The maximum atomic E-state index is 12.2. The molecule has 126 valence electrons. The fraction of sp³-hybridized carbons (Fsp3) is 0.238. The van der Waals surface area contributed by atoms with Crippen molar-refractivity contribution in [3.63, 3.8) is 0 Å². The van der Waals surface area contributed by atoms with Crippen LogP contribution in [0.2, 0.25) is 0 Å². The Hall–Kier alpha value is -3.06. The topological polar surface area (TPSA) is 52.6 Å². The predicted octanol–water partition coefficient (Wildman–Crippen LogP) is 2.91. The Balaban J connectivity index is 1.96. The van der Waals surface area contributed by atoms with Gasteiger partial charge in [-0.25, -0.2) is 0 Å². The quantitative estimate of drug-likeness (QED) is 0.492. The van der Waals surface area contributed by atoms with E-state index in [0.29, 0.717) is 6.42 Å². The highest BCUT2D eigenvalue weighted by atomic mass is 16.5. The molecule has 1 saturated carbocycles. The molecule has 0 saturated heterocycles. The van der Waals surface area contributed by atoms with Crippen LogP contribution in [0.25, 0.3) is 0 Å². The molecule has 0 radical (unpaired) electrons. The van der Waals surface area contributed by atoms with E-state index in [0.717, 1.165) is 16.7 Å². The van der Waals surface area contributed by atoms with Crippen molar-refractivity contribution < 1.29 is 19.1 Å². The van der Waals surface area contributed by atoms with Gasteiger partial charge in [0, 0.05) is 17.0 Å². The lowest BCUT2D eigenvalue weighted by Crippen LogP contribution is -2.30. The molecular formula is C21H18O4. The fourth-order valence-electron chi connectivity index (χ4n) is 3.11. The predicted molar refractivity (Wildman–Crippen MR) is 92.7 cm³/mol. The minimum Gasteiger partial charge on any atom is -0.468 e. The van der Waals surface area contributed by atoms with Crippen LogP contribution in [-0.2, 0) is 19.1 Å². The van der Waals surface area contributed by atoms with Gasteiger partial charge in [-0.15, -0.1) is 0 Å². The Bertz CT molecular complexity index is 842. The van der Waals surface area contributed by atoms with E-state index in [2.05, 4.69) is 11.8 Å². The van der Waals surface area contributed by atoms with E-state index in [1.807, 2.05) is 54.6 Å². The number of benzene rings is 2. The van der Waals surface area contributed by atoms with Gasteiger partial charge in [0.2, 0.25) is 0 Å². The summed E-state index contributed by atoms with van der Waals surface area (Å²) in [5, 5.41) is 0.